The maximum atomic E-state index is 13.1. The Morgan fingerprint density at radius 3 is 2.37 bits per heavy atom. The largest absolute Gasteiger partial charge is 0.489 e. The number of aromatic nitrogens is 2. The van der Waals surface area contributed by atoms with Crippen LogP contribution in [0.4, 0.5) is 0 Å². The van der Waals surface area contributed by atoms with Gasteiger partial charge in [0.1, 0.15) is 24.0 Å². The molecule has 1 aliphatic heterocycles. The molecule has 6 nitrogen and oxygen atoms in total. The quantitative estimate of drug-likeness (QED) is 0.200. The number of amides is 1. The highest BCUT2D eigenvalue weighted by molar-refractivity contribution is 6.30. The molecule has 0 saturated carbocycles. The van der Waals surface area contributed by atoms with Gasteiger partial charge in [-0.15, -0.1) is 0 Å². The van der Waals surface area contributed by atoms with E-state index in [1.54, 1.807) is 15.7 Å². The first-order chi connectivity index (χ1) is 18.6. The van der Waals surface area contributed by atoms with E-state index >= 15 is 0 Å². The standard InChI is InChI=1S/C31H27ClN4O2/c32-27-13-9-23(10-14-27)22-38-29-15-11-24(12-16-29)30-26(21-36(34-30)28-7-3-1-4-8-28)19-25(20-33)31(37)35-17-5-2-6-18-35/h1,3-4,7-16,19,21H,2,5-6,17-18,22H2. The smallest absolute Gasteiger partial charge is 0.264 e. The molecule has 2 heterocycles. The molecule has 1 aromatic heterocycles. The SMILES string of the molecule is N#CC(=Cc1cn(-c2ccccc2)nc1-c1ccc(OCc2ccc(Cl)cc2)cc1)C(=O)N1CCCCC1. The molecule has 1 amide bonds. The highest BCUT2D eigenvalue weighted by Gasteiger charge is 2.21. The van der Waals surface area contributed by atoms with Crippen LogP contribution in [0.3, 0.4) is 0 Å². The molecular formula is C31H27ClN4O2. The summed E-state index contributed by atoms with van der Waals surface area (Å²) in [5, 5.41) is 15.4. The fourth-order valence-corrected chi connectivity index (χ4v) is 4.58. The van der Waals surface area contributed by atoms with Crippen molar-refractivity contribution in [1.82, 2.24) is 14.7 Å². The van der Waals surface area contributed by atoms with Gasteiger partial charge in [-0.3, -0.25) is 4.79 Å². The van der Waals surface area contributed by atoms with Gasteiger partial charge in [0, 0.05) is 35.4 Å². The van der Waals surface area contributed by atoms with Crippen LogP contribution < -0.4 is 4.74 Å². The fraction of sp³-hybridized carbons (Fsp3) is 0.194. The highest BCUT2D eigenvalue weighted by atomic mass is 35.5. The molecule has 0 bridgehead atoms. The van der Waals surface area contributed by atoms with Crippen molar-refractivity contribution in [3.05, 3.63) is 107 Å². The molecule has 1 saturated heterocycles. The van der Waals surface area contributed by atoms with Crippen LogP contribution in [0.25, 0.3) is 23.0 Å². The molecule has 0 N–H and O–H groups in total. The lowest BCUT2D eigenvalue weighted by atomic mass is 10.0. The van der Waals surface area contributed by atoms with Crippen molar-refractivity contribution in [3.63, 3.8) is 0 Å². The molecule has 0 atom stereocenters. The molecule has 1 aliphatic rings. The van der Waals surface area contributed by atoms with Crippen LogP contribution in [-0.4, -0.2) is 33.7 Å². The molecule has 7 heteroatoms. The number of carbonyl (C=O) groups excluding carboxylic acids is 1. The summed E-state index contributed by atoms with van der Waals surface area (Å²) in [6.07, 6.45) is 6.56. The molecule has 38 heavy (non-hydrogen) atoms. The second-order valence-corrected chi connectivity index (χ2v) is 9.61. The first-order valence-electron chi connectivity index (χ1n) is 12.6. The first kappa shape index (κ1) is 25.3. The fourth-order valence-electron chi connectivity index (χ4n) is 4.45. The van der Waals surface area contributed by atoms with Crippen molar-refractivity contribution in [3.8, 4) is 28.8 Å². The van der Waals surface area contributed by atoms with E-state index in [0.29, 0.717) is 36.0 Å². The second kappa shape index (κ2) is 11.8. The van der Waals surface area contributed by atoms with Crippen molar-refractivity contribution in [1.29, 1.82) is 5.26 Å². The van der Waals surface area contributed by atoms with Gasteiger partial charge in [0.05, 0.1) is 11.4 Å². The van der Waals surface area contributed by atoms with Gasteiger partial charge in [0.2, 0.25) is 0 Å². The van der Waals surface area contributed by atoms with Crippen LogP contribution in [0.5, 0.6) is 5.75 Å². The minimum absolute atomic E-state index is 0.115. The van der Waals surface area contributed by atoms with E-state index in [9.17, 15) is 10.1 Å². The molecule has 0 spiro atoms. The summed E-state index contributed by atoms with van der Waals surface area (Å²) in [6.45, 7) is 1.80. The molecule has 1 fully saturated rings. The lowest BCUT2D eigenvalue weighted by Crippen LogP contribution is -2.36. The van der Waals surface area contributed by atoms with Gasteiger partial charge >= 0.3 is 0 Å². The van der Waals surface area contributed by atoms with Gasteiger partial charge < -0.3 is 9.64 Å². The molecule has 190 valence electrons. The van der Waals surface area contributed by atoms with Crippen LogP contribution in [0.1, 0.15) is 30.4 Å². The van der Waals surface area contributed by atoms with Crippen LogP contribution in [0.15, 0.2) is 90.6 Å². The average Bonchev–Trinajstić information content (AvgIpc) is 3.40. The number of para-hydroxylation sites is 1. The maximum absolute atomic E-state index is 13.1. The maximum Gasteiger partial charge on any atom is 0.264 e. The number of hydrogen-bond donors (Lipinski definition) is 0. The monoisotopic (exact) mass is 522 g/mol. The summed E-state index contributed by atoms with van der Waals surface area (Å²) < 4.78 is 7.70. The van der Waals surface area contributed by atoms with E-state index in [0.717, 1.165) is 41.8 Å². The van der Waals surface area contributed by atoms with Gasteiger partial charge in [-0.05, 0) is 79.4 Å². The third-order valence-corrected chi connectivity index (χ3v) is 6.76. The number of ether oxygens (including phenoxy) is 1. The Bertz CT molecular complexity index is 1460. The molecule has 4 aromatic rings. The predicted octanol–water partition coefficient (Wildman–Crippen LogP) is 6.69. The third-order valence-electron chi connectivity index (χ3n) is 6.50. The first-order valence-corrected chi connectivity index (χ1v) is 13.0. The van der Waals surface area contributed by atoms with Gasteiger partial charge in [0.15, 0.2) is 0 Å². The summed E-state index contributed by atoms with van der Waals surface area (Å²) >= 11 is 5.96. The van der Waals surface area contributed by atoms with E-state index in [4.69, 9.17) is 21.4 Å². The van der Waals surface area contributed by atoms with E-state index < -0.39 is 0 Å². The van der Waals surface area contributed by atoms with Gasteiger partial charge in [-0.1, -0.05) is 41.9 Å². The Balaban J connectivity index is 1.44. The molecule has 3 aromatic carbocycles. The average molecular weight is 523 g/mol. The lowest BCUT2D eigenvalue weighted by Gasteiger charge is -2.26. The van der Waals surface area contributed by atoms with E-state index in [1.807, 2.05) is 85.1 Å². The number of nitrogens with zero attached hydrogens (tertiary/aromatic N) is 4. The Morgan fingerprint density at radius 1 is 0.974 bits per heavy atom. The third kappa shape index (κ3) is 5.96. The van der Waals surface area contributed by atoms with Crippen molar-refractivity contribution >= 4 is 23.6 Å². The number of piperidine rings is 1. The van der Waals surface area contributed by atoms with Gasteiger partial charge in [-0.2, -0.15) is 10.4 Å². The highest BCUT2D eigenvalue weighted by Crippen LogP contribution is 2.28. The predicted molar refractivity (Wildman–Crippen MR) is 149 cm³/mol. The normalized spacial score (nSPS) is 13.7. The van der Waals surface area contributed by atoms with Crippen molar-refractivity contribution in [2.45, 2.75) is 25.9 Å². The Labute approximate surface area is 227 Å². The van der Waals surface area contributed by atoms with Crippen LogP contribution in [0, 0.1) is 11.3 Å². The number of carbonyl (C=O) groups is 1. The van der Waals surface area contributed by atoms with Crippen LogP contribution in [0.2, 0.25) is 5.02 Å². The van der Waals surface area contributed by atoms with E-state index in [1.165, 1.54) is 0 Å². The number of halogens is 1. The zero-order valence-corrected chi connectivity index (χ0v) is 21.6. The zero-order chi connectivity index (χ0) is 26.3. The van der Waals surface area contributed by atoms with Crippen LogP contribution >= 0.6 is 11.6 Å². The lowest BCUT2D eigenvalue weighted by molar-refractivity contribution is -0.127. The number of hydrogen-bond acceptors (Lipinski definition) is 4. The van der Waals surface area contributed by atoms with Gasteiger partial charge in [0.25, 0.3) is 5.91 Å². The second-order valence-electron chi connectivity index (χ2n) is 9.18. The van der Waals surface area contributed by atoms with Crippen LogP contribution in [-0.2, 0) is 11.4 Å². The summed E-state index contributed by atoms with van der Waals surface area (Å²) in [5.41, 5.74) is 4.26. The van der Waals surface area contributed by atoms with Gasteiger partial charge in [-0.25, -0.2) is 4.68 Å². The number of nitriles is 1. The summed E-state index contributed by atoms with van der Waals surface area (Å²) in [4.78, 5) is 14.9. The molecule has 5 rings (SSSR count). The summed E-state index contributed by atoms with van der Waals surface area (Å²) in [6, 6.07) is 27.1. The Morgan fingerprint density at radius 2 is 1.68 bits per heavy atom. The summed E-state index contributed by atoms with van der Waals surface area (Å²) in [5.74, 6) is 0.498. The number of likely N-dealkylation sites (tertiary alicyclic amines) is 1. The number of benzene rings is 3. The molecule has 0 aliphatic carbocycles. The topological polar surface area (TPSA) is 71.1 Å². The number of rotatable bonds is 7. The molecular weight excluding hydrogens is 496 g/mol. The minimum Gasteiger partial charge on any atom is -0.489 e. The Kier molecular flexibility index (Phi) is 7.86. The van der Waals surface area contributed by atoms with Crippen molar-refractivity contribution in [2.24, 2.45) is 0 Å². The molecule has 0 radical (unpaired) electrons. The van der Waals surface area contributed by atoms with E-state index in [-0.39, 0.29) is 11.5 Å². The minimum atomic E-state index is -0.225. The van der Waals surface area contributed by atoms with E-state index in [2.05, 4.69) is 6.07 Å². The zero-order valence-electron chi connectivity index (χ0n) is 20.9. The van der Waals surface area contributed by atoms with Crippen molar-refractivity contribution in [2.75, 3.05) is 13.1 Å². The van der Waals surface area contributed by atoms with Crippen molar-refractivity contribution < 1.29 is 9.53 Å². The molecule has 0 unspecified atom stereocenters. The summed E-state index contributed by atoms with van der Waals surface area (Å²) in [7, 11) is 0. The Hall–Kier alpha value is -4.34.